The summed E-state index contributed by atoms with van der Waals surface area (Å²) in [5, 5.41) is 2.00. The number of hydrogen-bond donors (Lipinski definition) is 0. The van der Waals surface area contributed by atoms with Gasteiger partial charge < -0.3 is 14.0 Å². The third-order valence-corrected chi connectivity index (χ3v) is 5.49. The maximum atomic E-state index is 12.5. The van der Waals surface area contributed by atoms with E-state index in [4.69, 9.17) is 9.47 Å². The number of hydrogen-bond acceptors (Lipinski definition) is 4. The first-order valence-electron chi connectivity index (χ1n) is 8.48. The number of amides is 1. The molecule has 0 N–H and O–H groups in total. The Kier molecular flexibility index (Phi) is 5.46. The maximum Gasteiger partial charge on any atom is 0.279 e. The smallest absolute Gasteiger partial charge is 0.279 e. The van der Waals surface area contributed by atoms with Crippen LogP contribution in [0.1, 0.15) is 21.5 Å². The highest BCUT2D eigenvalue weighted by atomic mass is 32.1. The van der Waals surface area contributed by atoms with Gasteiger partial charge in [-0.25, -0.2) is 0 Å². The molecule has 0 aliphatic rings. The number of carbonyl (C=O) groups is 1. The first-order valence-corrected chi connectivity index (χ1v) is 9.35. The fourth-order valence-corrected chi connectivity index (χ4v) is 3.73. The van der Waals surface area contributed by atoms with Crippen LogP contribution < -0.4 is 14.3 Å². The molecular formula is C21H22N2O3S. The predicted octanol–water partition coefficient (Wildman–Crippen LogP) is 4.13. The molecular weight excluding hydrogens is 360 g/mol. The number of carbonyl (C=O) groups excluding carboxylic acids is 1. The summed E-state index contributed by atoms with van der Waals surface area (Å²) in [6.07, 6.45) is 0. The second-order valence-corrected chi connectivity index (χ2v) is 7.07. The van der Waals surface area contributed by atoms with E-state index in [9.17, 15) is 4.79 Å². The van der Waals surface area contributed by atoms with Gasteiger partial charge in [-0.2, -0.15) is 4.99 Å². The van der Waals surface area contributed by atoms with Crippen molar-refractivity contribution in [2.45, 2.75) is 13.8 Å². The lowest BCUT2D eigenvalue weighted by molar-refractivity contribution is 0.0997. The number of benzene rings is 2. The molecule has 0 saturated carbocycles. The van der Waals surface area contributed by atoms with E-state index in [2.05, 4.69) is 18.0 Å². The number of ether oxygens (including phenoxy) is 2. The minimum Gasteiger partial charge on any atom is -0.497 e. The van der Waals surface area contributed by atoms with Gasteiger partial charge in [0, 0.05) is 23.6 Å². The Morgan fingerprint density at radius 1 is 1.11 bits per heavy atom. The van der Waals surface area contributed by atoms with E-state index in [0.29, 0.717) is 16.1 Å². The van der Waals surface area contributed by atoms with Crippen LogP contribution in [-0.2, 0) is 7.05 Å². The summed E-state index contributed by atoms with van der Waals surface area (Å²) in [4.78, 5) is 17.5. The van der Waals surface area contributed by atoms with Crippen molar-refractivity contribution in [3.63, 3.8) is 0 Å². The fourth-order valence-electron chi connectivity index (χ4n) is 2.83. The van der Waals surface area contributed by atoms with Gasteiger partial charge in [-0.1, -0.05) is 6.07 Å². The van der Waals surface area contributed by atoms with Gasteiger partial charge in [-0.3, -0.25) is 4.79 Å². The van der Waals surface area contributed by atoms with E-state index in [1.54, 1.807) is 38.5 Å². The highest BCUT2D eigenvalue weighted by Gasteiger charge is 2.11. The molecule has 27 heavy (non-hydrogen) atoms. The summed E-state index contributed by atoms with van der Waals surface area (Å²) < 4.78 is 12.6. The first kappa shape index (κ1) is 18.9. The van der Waals surface area contributed by atoms with Crippen LogP contribution >= 0.6 is 11.3 Å². The Balaban J connectivity index is 2.01. The standard InChI is InChI=1S/C21H22N2O3S/c1-13-9-16(11-19(26-5)14(13)2)18-12-27-21(23(18)3)22-20(24)15-7-6-8-17(10-15)25-4/h6-12H,1-5H3. The van der Waals surface area contributed by atoms with Crippen molar-refractivity contribution in [2.75, 3.05) is 14.2 Å². The van der Waals surface area contributed by atoms with E-state index in [1.807, 2.05) is 30.0 Å². The van der Waals surface area contributed by atoms with Gasteiger partial charge in [0.15, 0.2) is 4.80 Å². The molecule has 6 heteroatoms. The Morgan fingerprint density at radius 3 is 2.59 bits per heavy atom. The molecule has 0 aliphatic carbocycles. The summed E-state index contributed by atoms with van der Waals surface area (Å²) in [5.74, 6) is 1.19. The molecule has 0 unspecified atom stereocenters. The van der Waals surface area contributed by atoms with Crippen LogP contribution in [0, 0.1) is 13.8 Å². The van der Waals surface area contributed by atoms with Crippen LogP contribution in [0.5, 0.6) is 11.5 Å². The third-order valence-electron chi connectivity index (χ3n) is 4.57. The van der Waals surface area contributed by atoms with Gasteiger partial charge in [0.25, 0.3) is 5.91 Å². The Hall–Kier alpha value is -2.86. The van der Waals surface area contributed by atoms with Gasteiger partial charge in [0.05, 0.1) is 19.9 Å². The lowest BCUT2D eigenvalue weighted by atomic mass is 10.0. The van der Waals surface area contributed by atoms with Gasteiger partial charge in [0.1, 0.15) is 11.5 Å². The van der Waals surface area contributed by atoms with Gasteiger partial charge in [-0.15, -0.1) is 11.3 Å². The molecule has 0 atom stereocenters. The molecule has 3 rings (SSSR count). The molecule has 140 valence electrons. The highest BCUT2D eigenvalue weighted by Crippen LogP contribution is 2.29. The van der Waals surface area contributed by atoms with Crippen LogP contribution in [0.2, 0.25) is 0 Å². The van der Waals surface area contributed by atoms with Crippen molar-refractivity contribution in [1.29, 1.82) is 0 Å². The van der Waals surface area contributed by atoms with Gasteiger partial charge in [0.2, 0.25) is 0 Å². The highest BCUT2D eigenvalue weighted by molar-refractivity contribution is 7.07. The zero-order valence-electron chi connectivity index (χ0n) is 16.1. The van der Waals surface area contributed by atoms with Crippen molar-refractivity contribution >= 4 is 17.2 Å². The van der Waals surface area contributed by atoms with Gasteiger partial charge in [-0.05, 0) is 55.3 Å². The van der Waals surface area contributed by atoms with Crippen molar-refractivity contribution in [2.24, 2.45) is 12.0 Å². The SMILES string of the molecule is COc1cccc(C(=O)N=c2scc(-c3cc(C)c(C)c(OC)c3)n2C)c1. The van der Waals surface area contributed by atoms with E-state index in [-0.39, 0.29) is 5.91 Å². The number of aryl methyl sites for hydroxylation is 1. The predicted molar refractivity (Wildman–Crippen MR) is 108 cm³/mol. The first-order chi connectivity index (χ1) is 12.9. The number of aromatic nitrogens is 1. The maximum absolute atomic E-state index is 12.5. The van der Waals surface area contributed by atoms with Crippen molar-refractivity contribution in [3.05, 3.63) is 63.3 Å². The number of thiazole rings is 1. The van der Waals surface area contributed by atoms with Crippen molar-refractivity contribution < 1.29 is 14.3 Å². The molecule has 2 aromatic carbocycles. The summed E-state index contributed by atoms with van der Waals surface area (Å²) >= 11 is 1.43. The lowest BCUT2D eigenvalue weighted by Crippen LogP contribution is -2.14. The second kappa shape index (κ2) is 7.80. The summed E-state index contributed by atoms with van der Waals surface area (Å²) in [5.41, 5.74) is 4.79. The molecule has 0 fully saturated rings. The van der Waals surface area contributed by atoms with Crippen LogP contribution in [0.25, 0.3) is 11.3 Å². The monoisotopic (exact) mass is 382 g/mol. The molecule has 0 radical (unpaired) electrons. The molecule has 0 saturated heterocycles. The molecule has 5 nitrogen and oxygen atoms in total. The molecule has 0 spiro atoms. The number of rotatable bonds is 4. The zero-order valence-corrected chi connectivity index (χ0v) is 16.9. The number of nitrogens with zero attached hydrogens (tertiary/aromatic N) is 2. The number of methoxy groups -OCH3 is 2. The van der Waals surface area contributed by atoms with E-state index < -0.39 is 0 Å². The average Bonchev–Trinajstić information content (AvgIpc) is 3.04. The third kappa shape index (κ3) is 3.80. The second-order valence-electron chi connectivity index (χ2n) is 6.23. The zero-order chi connectivity index (χ0) is 19.6. The summed E-state index contributed by atoms with van der Waals surface area (Å²) in [7, 11) is 5.15. The molecule has 0 aliphatic heterocycles. The van der Waals surface area contributed by atoms with E-state index >= 15 is 0 Å². The molecule has 0 bridgehead atoms. The minimum absolute atomic E-state index is 0.296. The lowest BCUT2D eigenvalue weighted by Gasteiger charge is -2.11. The fraction of sp³-hybridized carbons (Fsp3) is 0.238. The van der Waals surface area contributed by atoms with E-state index in [0.717, 1.165) is 28.1 Å². The van der Waals surface area contributed by atoms with Gasteiger partial charge >= 0.3 is 0 Å². The summed E-state index contributed by atoms with van der Waals surface area (Å²) in [6, 6.07) is 11.1. The Bertz CT molecular complexity index is 1060. The Labute approximate surface area is 162 Å². The minimum atomic E-state index is -0.296. The molecule has 1 aromatic heterocycles. The average molecular weight is 382 g/mol. The van der Waals surface area contributed by atoms with Crippen LogP contribution in [-0.4, -0.2) is 24.7 Å². The molecule has 1 heterocycles. The molecule has 3 aromatic rings. The normalized spacial score (nSPS) is 11.5. The topological polar surface area (TPSA) is 52.8 Å². The van der Waals surface area contributed by atoms with Crippen LogP contribution in [0.4, 0.5) is 0 Å². The van der Waals surface area contributed by atoms with Crippen LogP contribution in [0.15, 0.2) is 46.8 Å². The summed E-state index contributed by atoms with van der Waals surface area (Å²) in [6.45, 7) is 4.10. The quantitative estimate of drug-likeness (QED) is 0.682. The van der Waals surface area contributed by atoms with Crippen molar-refractivity contribution in [1.82, 2.24) is 4.57 Å². The van der Waals surface area contributed by atoms with E-state index in [1.165, 1.54) is 11.3 Å². The molecule has 1 amide bonds. The largest absolute Gasteiger partial charge is 0.497 e. The van der Waals surface area contributed by atoms with Crippen molar-refractivity contribution in [3.8, 4) is 22.8 Å². The van der Waals surface area contributed by atoms with Crippen LogP contribution in [0.3, 0.4) is 0 Å². The Morgan fingerprint density at radius 2 is 1.89 bits per heavy atom.